The lowest BCUT2D eigenvalue weighted by molar-refractivity contribution is 0.517. The number of benzene rings is 4. The molecular weight excluding hydrogens is 404 g/mol. The summed E-state index contributed by atoms with van der Waals surface area (Å²) >= 11 is 0. The summed E-state index contributed by atoms with van der Waals surface area (Å²) in [6.07, 6.45) is 1.05. The van der Waals surface area contributed by atoms with Crippen molar-refractivity contribution < 1.29 is 4.74 Å². The predicted octanol–water partition coefficient (Wildman–Crippen LogP) is 6.84. The Balaban J connectivity index is 1.73. The predicted molar refractivity (Wildman–Crippen MR) is 138 cm³/mol. The molecule has 2 heterocycles. The summed E-state index contributed by atoms with van der Waals surface area (Å²) in [6, 6.07) is 27.6. The average Bonchev–Trinajstić information content (AvgIpc) is 2.88. The first kappa shape index (κ1) is 19.8. The number of amidine groups is 1. The molecule has 0 bridgehead atoms. The minimum atomic E-state index is 0.829. The van der Waals surface area contributed by atoms with Gasteiger partial charge in [-0.1, -0.05) is 78.9 Å². The van der Waals surface area contributed by atoms with Crippen LogP contribution >= 0.6 is 0 Å². The van der Waals surface area contributed by atoms with Crippen molar-refractivity contribution in [3.8, 4) is 16.9 Å². The summed E-state index contributed by atoms with van der Waals surface area (Å²) in [5.74, 6) is 2.75. The van der Waals surface area contributed by atoms with E-state index in [1.165, 1.54) is 33.0 Å². The molecule has 0 fully saturated rings. The summed E-state index contributed by atoms with van der Waals surface area (Å²) < 4.78 is 6.86. The molecule has 0 amide bonds. The number of nitrogens with zero attached hydrogens (tertiary/aromatic N) is 1. The number of allylic oxidation sites excluding steroid dienone is 1. The smallest absolute Gasteiger partial charge is 0.147 e. The Hall–Kier alpha value is -3.85. The van der Waals surface area contributed by atoms with Crippen LogP contribution in [0.2, 0.25) is 0 Å². The van der Waals surface area contributed by atoms with Crippen LogP contribution in [-0.4, -0.2) is 18.9 Å². The first-order chi connectivity index (χ1) is 16.2. The zero-order valence-corrected chi connectivity index (χ0v) is 19.0. The lowest BCUT2D eigenvalue weighted by atomic mass is 9.84. The van der Waals surface area contributed by atoms with E-state index in [0.717, 1.165) is 53.6 Å². The van der Waals surface area contributed by atoms with E-state index in [1.807, 2.05) is 6.07 Å². The molecule has 0 aliphatic carbocycles. The van der Waals surface area contributed by atoms with Crippen molar-refractivity contribution in [2.75, 3.05) is 13.1 Å². The number of aryl methyl sites for hydroxylation is 1. The van der Waals surface area contributed by atoms with Gasteiger partial charge in [-0.05, 0) is 47.9 Å². The first-order valence-corrected chi connectivity index (χ1v) is 11.6. The van der Waals surface area contributed by atoms with Gasteiger partial charge < -0.3 is 10.1 Å². The standard InChI is InChI=1S/C30H26N2O/c1-19-23-15-9-16-24-20(2)28(22-13-7-4-8-14-22)33-29(26(23)24)27(30-31-17-10-18-32-30)25(19)21-11-5-3-6-12-21/h3-9,11-16H,10,17-18H2,1-2H3,(H,31,32). The molecule has 0 saturated carbocycles. The minimum Gasteiger partial charge on any atom is -0.455 e. The van der Waals surface area contributed by atoms with E-state index in [-0.39, 0.29) is 0 Å². The number of hydrogen-bond acceptors (Lipinski definition) is 3. The Morgan fingerprint density at radius 1 is 0.788 bits per heavy atom. The summed E-state index contributed by atoms with van der Waals surface area (Å²) in [4.78, 5) is 4.92. The number of ether oxygens (including phenoxy) is 1. The monoisotopic (exact) mass is 430 g/mol. The highest BCUT2D eigenvalue weighted by atomic mass is 16.5. The summed E-state index contributed by atoms with van der Waals surface area (Å²) in [7, 11) is 0. The van der Waals surface area contributed by atoms with Gasteiger partial charge in [-0.2, -0.15) is 0 Å². The average molecular weight is 431 g/mol. The first-order valence-electron chi connectivity index (χ1n) is 11.6. The normalized spacial score (nSPS) is 15.2. The maximum Gasteiger partial charge on any atom is 0.147 e. The lowest BCUT2D eigenvalue weighted by Crippen LogP contribution is -2.31. The zero-order valence-electron chi connectivity index (χ0n) is 19.0. The van der Waals surface area contributed by atoms with Gasteiger partial charge in [-0.15, -0.1) is 0 Å². The topological polar surface area (TPSA) is 33.6 Å². The van der Waals surface area contributed by atoms with Crippen molar-refractivity contribution in [3.63, 3.8) is 0 Å². The lowest BCUT2D eigenvalue weighted by Gasteiger charge is -2.29. The molecule has 0 saturated heterocycles. The highest BCUT2D eigenvalue weighted by molar-refractivity contribution is 6.18. The van der Waals surface area contributed by atoms with Gasteiger partial charge in [0, 0.05) is 29.6 Å². The molecule has 162 valence electrons. The Labute approximate surface area is 194 Å². The van der Waals surface area contributed by atoms with E-state index in [0.29, 0.717) is 0 Å². The third-order valence-electron chi connectivity index (χ3n) is 6.73. The second kappa shape index (κ2) is 7.93. The summed E-state index contributed by atoms with van der Waals surface area (Å²) in [5.41, 5.74) is 8.17. The van der Waals surface area contributed by atoms with Crippen molar-refractivity contribution in [1.82, 2.24) is 5.32 Å². The molecule has 0 unspecified atom stereocenters. The van der Waals surface area contributed by atoms with Gasteiger partial charge in [0.2, 0.25) is 0 Å². The van der Waals surface area contributed by atoms with Crippen LogP contribution < -0.4 is 10.1 Å². The third kappa shape index (κ3) is 3.15. The maximum atomic E-state index is 6.86. The van der Waals surface area contributed by atoms with Crippen molar-refractivity contribution in [1.29, 1.82) is 0 Å². The minimum absolute atomic E-state index is 0.829. The Kier molecular flexibility index (Phi) is 4.76. The molecule has 6 rings (SSSR count). The molecule has 3 nitrogen and oxygen atoms in total. The van der Waals surface area contributed by atoms with E-state index >= 15 is 0 Å². The van der Waals surface area contributed by atoms with Gasteiger partial charge in [-0.25, -0.2) is 0 Å². The number of nitrogens with one attached hydrogen (secondary N) is 1. The summed E-state index contributed by atoms with van der Waals surface area (Å²) in [5, 5.41) is 5.98. The quantitative estimate of drug-likeness (QED) is 0.386. The molecule has 3 heteroatoms. The third-order valence-corrected chi connectivity index (χ3v) is 6.73. The van der Waals surface area contributed by atoms with E-state index in [2.05, 4.69) is 92.0 Å². The Bertz CT molecular complexity index is 1430. The largest absolute Gasteiger partial charge is 0.455 e. The Morgan fingerprint density at radius 2 is 1.52 bits per heavy atom. The van der Waals surface area contributed by atoms with E-state index in [4.69, 9.17) is 9.73 Å². The van der Waals surface area contributed by atoms with E-state index in [9.17, 15) is 0 Å². The second-order valence-corrected chi connectivity index (χ2v) is 8.73. The Morgan fingerprint density at radius 3 is 2.21 bits per heavy atom. The molecule has 2 aliphatic heterocycles. The summed E-state index contributed by atoms with van der Waals surface area (Å²) in [6.45, 7) is 6.14. The van der Waals surface area contributed by atoms with Crippen molar-refractivity contribution >= 4 is 27.9 Å². The van der Waals surface area contributed by atoms with Gasteiger partial charge in [0.1, 0.15) is 17.3 Å². The van der Waals surface area contributed by atoms with Gasteiger partial charge in [-0.3, -0.25) is 4.99 Å². The fourth-order valence-electron chi connectivity index (χ4n) is 5.14. The number of aliphatic imine (C=N–C) groups is 1. The molecule has 0 aromatic heterocycles. The van der Waals surface area contributed by atoms with Gasteiger partial charge in [0.05, 0.1) is 5.56 Å². The highest BCUT2D eigenvalue weighted by Gasteiger charge is 2.30. The molecule has 4 aromatic carbocycles. The van der Waals surface area contributed by atoms with Crippen LogP contribution in [0.4, 0.5) is 0 Å². The molecule has 0 atom stereocenters. The van der Waals surface area contributed by atoms with Gasteiger partial charge >= 0.3 is 0 Å². The molecular formula is C30H26N2O. The number of hydrogen-bond donors (Lipinski definition) is 1. The fraction of sp³-hybridized carbons (Fsp3) is 0.167. The van der Waals surface area contributed by atoms with Gasteiger partial charge in [0.15, 0.2) is 0 Å². The van der Waals surface area contributed by atoms with E-state index < -0.39 is 0 Å². The van der Waals surface area contributed by atoms with Crippen molar-refractivity contribution in [3.05, 3.63) is 101 Å². The highest BCUT2D eigenvalue weighted by Crippen LogP contribution is 2.49. The second-order valence-electron chi connectivity index (χ2n) is 8.73. The molecule has 33 heavy (non-hydrogen) atoms. The van der Waals surface area contributed by atoms with Crippen LogP contribution in [0.5, 0.6) is 5.75 Å². The van der Waals surface area contributed by atoms with Crippen LogP contribution in [0.3, 0.4) is 0 Å². The van der Waals surface area contributed by atoms with Gasteiger partial charge in [0.25, 0.3) is 0 Å². The molecule has 4 aromatic rings. The maximum absolute atomic E-state index is 6.86. The van der Waals surface area contributed by atoms with Crippen LogP contribution in [0, 0.1) is 6.92 Å². The van der Waals surface area contributed by atoms with Crippen molar-refractivity contribution in [2.24, 2.45) is 4.99 Å². The van der Waals surface area contributed by atoms with Crippen LogP contribution in [0.25, 0.3) is 33.2 Å². The SMILES string of the molecule is CC1=C(c2ccccc2)Oc2c(C3=NCCCN3)c(-c3ccccc3)c(C)c3cccc1c23. The molecule has 2 aliphatic rings. The fourth-order valence-corrected chi connectivity index (χ4v) is 5.14. The molecule has 0 spiro atoms. The van der Waals surface area contributed by atoms with Crippen LogP contribution in [0.15, 0.2) is 83.9 Å². The van der Waals surface area contributed by atoms with Crippen molar-refractivity contribution in [2.45, 2.75) is 20.3 Å². The number of rotatable bonds is 3. The van der Waals surface area contributed by atoms with Crippen LogP contribution in [-0.2, 0) is 0 Å². The van der Waals surface area contributed by atoms with E-state index in [1.54, 1.807) is 0 Å². The molecule has 1 N–H and O–H groups in total. The zero-order chi connectivity index (χ0) is 22.4. The molecule has 0 radical (unpaired) electrons. The van der Waals surface area contributed by atoms with Crippen LogP contribution in [0.1, 0.15) is 35.6 Å².